The third-order valence-electron chi connectivity index (χ3n) is 3.12. The highest BCUT2D eigenvalue weighted by atomic mass is 16.5. The van der Waals surface area contributed by atoms with E-state index in [1.54, 1.807) is 6.07 Å². The Morgan fingerprint density at radius 2 is 1.85 bits per heavy atom. The Balaban J connectivity index is 2.38. The van der Waals surface area contributed by atoms with Crippen molar-refractivity contribution in [2.45, 2.75) is 26.2 Å². The van der Waals surface area contributed by atoms with Crippen LogP contribution in [-0.4, -0.2) is 5.91 Å². The van der Waals surface area contributed by atoms with E-state index in [4.69, 9.17) is 10.5 Å². The number of carbonyl (C=O) groups excluding carboxylic acids is 1. The van der Waals surface area contributed by atoms with Gasteiger partial charge in [0.2, 0.25) is 0 Å². The lowest BCUT2D eigenvalue weighted by atomic mass is 10.0. The zero-order chi connectivity index (χ0) is 14.4. The molecule has 0 fully saturated rings. The third kappa shape index (κ3) is 3.38. The summed E-state index contributed by atoms with van der Waals surface area (Å²) in [5, 5.41) is 0. The van der Waals surface area contributed by atoms with E-state index in [0.717, 1.165) is 24.8 Å². The van der Waals surface area contributed by atoms with Crippen LogP contribution in [0.1, 0.15) is 35.7 Å². The lowest BCUT2D eigenvalue weighted by molar-refractivity contribution is 0.0998. The summed E-state index contributed by atoms with van der Waals surface area (Å²) in [7, 11) is 0. The Bertz CT molecular complexity index is 579. The summed E-state index contributed by atoms with van der Waals surface area (Å²) in [5.74, 6) is 0.827. The molecule has 2 rings (SSSR count). The van der Waals surface area contributed by atoms with Crippen LogP contribution in [-0.2, 0) is 6.42 Å². The quantitative estimate of drug-likeness (QED) is 0.864. The lowest BCUT2D eigenvalue weighted by Crippen LogP contribution is -2.13. The maximum Gasteiger partial charge on any atom is 0.252 e. The second kappa shape index (κ2) is 6.75. The first-order valence-electron chi connectivity index (χ1n) is 6.87. The van der Waals surface area contributed by atoms with Crippen molar-refractivity contribution in [1.29, 1.82) is 0 Å². The van der Waals surface area contributed by atoms with E-state index in [2.05, 4.69) is 6.92 Å². The predicted molar refractivity (Wildman–Crippen MR) is 80.1 cm³/mol. The molecule has 0 aromatic heterocycles. The highest BCUT2D eigenvalue weighted by Gasteiger charge is 2.14. The van der Waals surface area contributed by atoms with Crippen LogP contribution in [0, 0.1) is 0 Å². The molecule has 0 radical (unpaired) electrons. The Kier molecular flexibility index (Phi) is 4.77. The molecule has 0 saturated heterocycles. The van der Waals surface area contributed by atoms with Gasteiger partial charge in [0.1, 0.15) is 11.5 Å². The molecule has 0 unspecified atom stereocenters. The molecule has 104 valence electrons. The first kappa shape index (κ1) is 14.1. The molecule has 2 N–H and O–H groups in total. The van der Waals surface area contributed by atoms with Gasteiger partial charge in [-0.25, -0.2) is 0 Å². The van der Waals surface area contributed by atoms with Crippen molar-refractivity contribution in [2.24, 2.45) is 5.73 Å². The van der Waals surface area contributed by atoms with Crippen molar-refractivity contribution in [1.82, 2.24) is 0 Å². The van der Waals surface area contributed by atoms with Gasteiger partial charge in [-0.05, 0) is 36.6 Å². The van der Waals surface area contributed by atoms with Gasteiger partial charge >= 0.3 is 0 Å². The summed E-state index contributed by atoms with van der Waals surface area (Å²) >= 11 is 0. The number of carbonyl (C=O) groups is 1. The average Bonchev–Trinajstić information content (AvgIpc) is 2.47. The summed E-state index contributed by atoms with van der Waals surface area (Å²) in [5.41, 5.74) is 6.90. The van der Waals surface area contributed by atoms with Crippen LogP contribution < -0.4 is 10.5 Å². The standard InChI is InChI=1S/C17H19NO2/c1-2-3-8-13-9-7-12-15(17(18)19)16(13)20-14-10-5-4-6-11-14/h4-7,9-12H,2-3,8H2,1H3,(H2,18,19). The first-order valence-corrected chi connectivity index (χ1v) is 6.87. The highest BCUT2D eigenvalue weighted by molar-refractivity contribution is 5.96. The Hall–Kier alpha value is -2.29. The van der Waals surface area contributed by atoms with Crippen LogP contribution in [0.2, 0.25) is 0 Å². The number of benzene rings is 2. The lowest BCUT2D eigenvalue weighted by Gasteiger charge is -2.14. The van der Waals surface area contributed by atoms with Crippen LogP contribution in [0.25, 0.3) is 0 Å². The Morgan fingerprint density at radius 3 is 2.50 bits per heavy atom. The highest BCUT2D eigenvalue weighted by Crippen LogP contribution is 2.30. The fourth-order valence-corrected chi connectivity index (χ4v) is 2.07. The van der Waals surface area contributed by atoms with Gasteiger partial charge < -0.3 is 10.5 Å². The maximum atomic E-state index is 11.6. The molecule has 20 heavy (non-hydrogen) atoms. The molecular formula is C17H19NO2. The van der Waals surface area contributed by atoms with Crippen LogP contribution in [0.5, 0.6) is 11.5 Å². The topological polar surface area (TPSA) is 52.3 Å². The minimum Gasteiger partial charge on any atom is -0.456 e. The molecule has 0 heterocycles. The van der Waals surface area contributed by atoms with Crippen molar-refractivity contribution >= 4 is 5.91 Å². The van der Waals surface area contributed by atoms with Gasteiger partial charge in [0.25, 0.3) is 5.91 Å². The normalized spacial score (nSPS) is 10.2. The molecule has 3 heteroatoms. The minimum atomic E-state index is -0.464. The van der Waals surface area contributed by atoms with E-state index in [-0.39, 0.29) is 0 Å². The van der Waals surface area contributed by atoms with Crippen molar-refractivity contribution in [3.05, 3.63) is 59.7 Å². The predicted octanol–water partition coefficient (Wildman–Crippen LogP) is 3.92. The molecule has 0 aliphatic rings. The number of nitrogens with two attached hydrogens (primary N) is 1. The summed E-state index contributed by atoms with van der Waals surface area (Å²) in [6.07, 6.45) is 3.01. The van der Waals surface area contributed by atoms with Gasteiger partial charge in [0.15, 0.2) is 0 Å². The average molecular weight is 269 g/mol. The van der Waals surface area contributed by atoms with E-state index in [9.17, 15) is 4.79 Å². The molecule has 3 nitrogen and oxygen atoms in total. The molecule has 2 aromatic rings. The van der Waals surface area contributed by atoms with Gasteiger partial charge in [-0.1, -0.05) is 43.7 Å². The molecule has 0 aliphatic carbocycles. The SMILES string of the molecule is CCCCc1cccc(C(N)=O)c1Oc1ccccc1. The zero-order valence-electron chi connectivity index (χ0n) is 11.6. The number of aryl methyl sites for hydroxylation is 1. The number of hydrogen-bond acceptors (Lipinski definition) is 2. The van der Waals surface area contributed by atoms with Crippen molar-refractivity contribution in [3.8, 4) is 11.5 Å². The maximum absolute atomic E-state index is 11.6. The largest absolute Gasteiger partial charge is 0.456 e. The van der Waals surface area contributed by atoms with Crippen LogP contribution in [0.4, 0.5) is 0 Å². The summed E-state index contributed by atoms with van der Waals surface area (Å²) in [6.45, 7) is 2.13. The second-order valence-electron chi connectivity index (χ2n) is 4.68. The smallest absolute Gasteiger partial charge is 0.252 e. The van der Waals surface area contributed by atoms with Gasteiger partial charge in [-0.3, -0.25) is 4.79 Å². The van der Waals surface area contributed by atoms with Crippen LogP contribution in [0.15, 0.2) is 48.5 Å². The van der Waals surface area contributed by atoms with E-state index in [1.165, 1.54) is 0 Å². The molecule has 1 amide bonds. The molecule has 0 spiro atoms. The summed E-state index contributed by atoms with van der Waals surface area (Å²) in [4.78, 5) is 11.6. The molecule has 2 aromatic carbocycles. The monoisotopic (exact) mass is 269 g/mol. The van der Waals surface area contributed by atoms with Crippen LogP contribution >= 0.6 is 0 Å². The number of ether oxygens (including phenoxy) is 1. The number of primary amides is 1. The van der Waals surface area contributed by atoms with E-state index >= 15 is 0 Å². The number of rotatable bonds is 6. The Morgan fingerprint density at radius 1 is 1.10 bits per heavy atom. The number of para-hydroxylation sites is 2. The molecule has 0 saturated carbocycles. The number of unbranched alkanes of at least 4 members (excludes halogenated alkanes) is 1. The molecule has 0 bridgehead atoms. The minimum absolute atomic E-state index is 0.433. The summed E-state index contributed by atoms with van der Waals surface area (Å²) in [6, 6.07) is 15.0. The molecule has 0 aliphatic heterocycles. The fraction of sp³-hybridized carbons (Fsp3) is 0.235. The molecule has 0 atom stereocenters. The molecular weight excluding hydrogens is 250 g/mol. The zero-order valence-corrected chi connectivity index (χ0v) is 11.6. The first-order chi connectivity index (χ1) is 9.72. The fourth-order valence-electron chi connectivity index (χ4n) is 2.07. The summed E-state index contributed by atoms with van der Waals surface area (Å²) < 4.78 is 5.90. The number of hydrogen-bond donors (Lipinski definition) is 1. The van der Waals surface area contributed by atoms with Gasteiger partial charge in [-0.2, -0.15) is 0 Å². The van der Waals surface area contributed by atoms with Crippen molar-refractivity contribution in [3.63, 3.8) is 0 Å². The van der Waals surface area contributed by atoms with Crippen molar-refractivity contribution in [2.75, 3.05) is 0 Å². The van der Waals surface area contributed by atoms with Crippen molar-refractivity contribution < 1.29 is 9.53 Å². The third-order valence-corrected chi connectivity index (χ3v) is 3.12. The van der Waals surface area contributed by atoms with Gasteiger partial charge in [0.05, 0.1) is 5.56 Å². The number of amides is 1. The van der Waals surface area contributed by atoms with E-state index < -0.39 is 5.91 Å². The van der Waals surface area contributed by atoms with E-state index in [1.807, 2.05) is 42.5 Å². The van der Waals surface area contributed by atoms with Gasteiger partial charge in [0, 0.05) is 0 Å². The second-order valence-corrected chi connectivity index (χ2v) is 4.68. The van der Waals surface area contributed by atoms with Gasteiger partial charge in [-0.15, -0.1) is 0 Å². The van der Waals surface area contributed by atoms with Crippen LogP contribution in [0.3, 0.4) is 0 Å². The Labute approximate surface area is 119 Å². The van der Waals surface area contributed by atoms with E-state index in [0.29, 0.717) is 17.1 Å².